The summed E-state index contributed by atoms with van der Waals surface area (Å²) in [5.41, 5.74) is 1.30. The maximum atomic E-state index is 11.8. The van der Waals surface area contributed by atoms with E-state index in [9.17, 15) is 4.79 Å². The molecule has 2 heteroatoms. The molecule has 0 N–H and O–H groups in total. The molecule has 1 fully saturated rings. The van der Waals surface area contributed by atoms with Gasteiger partial charge < -0.3 is 4.90 Å². The van der Waals surface area contributed by atoms with Gasteiger partial charge in [0.15, 0.2) is 0 Å². The van der Waals surface area contributed by atoms with E-state index in [1.165, 1.54) is 5.56 Å². The number of carbonyl (C=O) groups excluding carboxylic acids is 1. The minimum atomic E-state index is 0.197. The number of carbonyl (C=O) groups is 1. The quantitative estimate of drug-likeness (QED) is 0.721. The summed E-state index contributed by atoms with van der Waals surface area (Å²) in [5.74, 6) is 1.38. The van der Waals surface area contributed by atoms with Crippen molar-refractivity contribution in [3.63, 3.8) is 0 Å². The van der Waals surface area contributed by atoms with E-state index in [1.807, 2.05) is 32.3 Å². The van der Waals surface area contributed by atoms with Crippen LogP contribution in [0.15, 0.2) is 30.3 Å². The maximum Gasteiger partial charge on any atom is 0.226 e. The number of hydrogen-bond acceptors (Lipinski definition) is 1. The van der Waals surface area contributed by atoms with Crippen LogP contribution < -0.4 is 0 Å². The van der Waals surface area contributed by atoms with Crippen LogP contribution in [0.2, 0.25) is 0 Å². The van der Waals surface area contributed by atoms with Crippen molar-refractivity contribution in [3.05, 3.63) is 35.9 Å². The Morgan fingerprint density at radius 1 is 1.20 bits per heavy atom. The molecule has 3 atom stereocenters. The highest BCUT2D eigenvalue weighted by Crippen LogP contribution is 2.54. The molecule has 0 heterocycles. The van der Waals surface area contributed by atoms with Gasteiger partial charge in [-0.3, -0.25) is 4.79 Å². The van der Waals surface area contributed by atoms with E-state index in [4.69, 9.17) is 0 Å². The highest BCUT2D eigenvalue weighted by molar-refractivity contribution is 5.83. The fourth-order valence-corrected chi connectivity index (χ4v) is 2.33. The zero-order chi connectivity index (χ0) is 11.0. The number of rotatable bonds is 2. The summed E-state index contributed by atoms with van der Waals surface area (Å²) < 4.78 is 0. The third-order valence-corrected chi connectivity index (χ3v) is 3.29. The molecule has 3 unspecified atom stereocenters. The minimum Gasteiger partial charge on any atom is -0.349 e. The Labute approximate surface area is 90.9 Å². The van der Waals surface area contributed by atoms with Gasteiger partial charge in [0.2, 0.25) is 5.91 Å². The van der Waals surface area contributed by atoms with Crippen LogP contribution in [0.1, 0.15) is 18.4 Å². The van der Waals surface area contributed by atoms with Crippen LogP contribution in [0, 0.1) is 11.8 Å². The van der Waals surface area contributed by atoms with Crippen molar-refractivity contribution in [3.8, 4) is 0 Å². The lowest BCUT2D eigenvalue weighted by Crippen LogP contribution is -2.24. The highest BCUT2D eigenvalue weighted by atomic mass is 16.2. The Morgan fingerprint density at radius 2 is 1.80 bits per heavy atom. The van der Waals surface area contributed by atoms with Crippen LogP contribution in [-0.4, -0.2) is 24.9 Å². The molecule has 0 aliphatic heterocycles. The lowest BCUT2D eigenvalue weighted by molar-refractivity contribution is -0.130. The zero-order valence-corrected chi connectivity index (χ0v) is 9.47. The molecule has 0 saturated heterocycles. The SMILES string of the molecule is CC1C(C(=O)N(C)C)C1c1ccccc1. The normalized spacial score (nSPS) is 28.6. The van der Waals surface area contributed by atoms with E-state index in [0.29, 0.717) is 11.8 Å². The molecule has 2 nitrogen and oxygen atoms in total. The highest BCUT2D eigenvalue weighted by Gasteiger charge is 2.52. The average Bonchev–Trinajstić information content (AvgIpc) is 2.90. The first kappa shape index (κ1) is 10.2. The summed E-state index contributed by atoms with van der Waals surface area (Å²) in [5, 5.41) is 0. The summed E-state index contributed by atoms with van der Waals surface area (Å²) in [6.07, 6.45) is 0. The first-order chi connectivity index (χ1) is 7.13. The second kappa shape index (κ2) is 3.69. The van der Waals surface area contributed by atoms with Crippen LogP contribution in [0.3, 0.4) is 0 Å². The Hall–Kier alpha value is -1.31. The number of hydrogen-bond donors (Lipinski definition) is 0. The van der Waals surface area contributed by atoms with Crippen molar-refractivity contribution in [2.24, 2.45) is 11.8 Å². The van der Waals surface area contributed by atoms with Crippen LogP contribution in [0.25, 0.3) is 0 Å². The molecule has 0 aromatic heterocycles. The molecule has 80 valence electrons. The predicted octanol–water partition coefficient (Wildman–Crippen LogP) is 2.12. The molecule has 1 aliphatic rings. The molecule has 1 amide bonds. The van der Waals surface area contributed by atoms with Gasteiger partial charge in [-0.05, 0) is 17.4 Å². The number of benzene rings is 1. The van der Waals surface area contributed by atoms with Crippen molar-refractivity contribution in [2.45, 2.75) is 12.8 Å². The van der Waals surface area contributed by atoms with Gasteiger partial charge in [-0.15, -0.1) is 0 Å². The van der Waals surface area contributed by atoms with Gasteiger partial charge in [0.05, 0.1) is 0 Å². The van der Waals surface area contributed by atoms with E-state index in [0.717, 1.165) is 0 Å². The standard InChI is InChI=1S/C13H17NO/c1-9-11(10-7-5-4-6-8-10)12(9)13(15)14(2)3/h4-9,11-12H,1-3H3. The van der Waals surface area contributed by atoms with E-state index in [2.05, 4.69) is 19.1 Å². The van der Waals surface area contributed by atoms with E-state index < -0.39 is 0 Å². The number of amides is 1. The molecular formula is C13H17NO. The summed E-state index contributed by atoms with van der Waals surface area (Å²) >= 11 is 0. The van der Waals surface area contributed by atoms with Gasteiger partial charge >= 0.3 is 0 Å². The van der Waals surface area contributed by atoms with Gasteiger partial charge in [-0.1, -0.05) is 37.3 Å². The molecule has 15 heavy (non-hydrogen) atoms. The second-order valence-electron chi connectivity index (χ2n) is 4.55. The van der Waals surface area contributed by atoms with Crippen molar-refractivity contribution < 1.29 is 4.79 Å². The van der Waals surface area contributed by atoms with Crippen LogP contribution >= 0.6 is 0 Å². The van der Waals surface area contributed by atoms with Gasteiger partial charge in [0.25, 0.3) is 0 Å². The Balaban J connectivity index is 2.13. The first-order valence-corrected chi connectivity index (χ1v) is 5.39. The molecular weight excluding hydrogens is 186 g/mol. The molecule has 1 aromatic rings. The zero-order valence-electron chi connectivity index (χ0n) is 9.47. The molecule has 1 saturated carbocycles. The fourth-order valence-electron chi connectivity index (χ4n) is 2.33. The summed E-state index contributed by atoms with van der Waals surface area (Å²) in [6.45, 7) is 2.16. The summed E-state index contributed by atoms with van der Waals surface area (Å²) in [6, 6.07) is 10.3. The average molecular weight is 203 g/mol. The molecule has 0 bridgehead atoms. The fraction of sp³-hybridized carbons (Fsp3) is 0.462. The Morgan fingerprint density at radius 3 is 2.33 bits per heavy atom. The lowest BCUT2D eigenvalue weighted by atomic mass is 10.1. The first-order valence-electron chi connectivity index (χ1n) is 5.39. The van der Waals surface area contributed by atoms with E-state index in [1.54, 1.807) is 4.90 Å². The van der Waals surface area contributed by atoms with Crippen molar-refractivity contribution in [1.82, 2.24) is 4.90 Å². The van der Waals surface area contributed by atoms with Crippen LogP contribution in [0.4, 0.5) is 0 Å². The van der Waals surface area contributed by atoms with Gasteiger partial charge in [-0.25, -0.2) is 0 Å². The Bertz CT molecular complexity index is 358. The molecule has 0 radical (unpaired) electrons. The second-order valence-corrected chi connectivity index (χ2v) is 4.55. The topological polar surface area (TPSA) is 20.3 Å². The summed E-state index contributed by atoms with van der Waals surface area (Å²) in [7, 11) is 3.66. The molecule has 2 rings (SSSR count). The number of nitrogens with zero attached hydrogens (tertiary/aromatic N) is 1. The maximum absolute atomic E-state index is 11.8. The largest absolute Gasteiger partial charge is 0.349 e. The monoisotopic (exact) mass is 203 g/mol. The third-order valence-electron chi connectivity index (χ3n) is 3.29. The summed E-state index contributed by atoms with van der Waals surface area (Å²) in [4.78, 5) is 13.5. The predicted molar refractivity (Wildman–Crippen MR) is 60.5 cm³/mol. The lowest BCUT2D eigenvalue weighted by Gasteiger charge is -2.09. The minimum absolute atomic E-state index is 0.197. The van der Waals surface area contributed by atoms with Crippen LogP contribution in [0.5, 0.6) is 0 Å². The van der Waals surface area contributed by atoms with Crippen LogP contribution in [-0.2, 0) is 4.79 Å². The molecule has 1 aliphatic carbocycles. The molecule has 0 spiro atoms. The van der Waals surface area contributed by atoms with Crippen molar-refractivity contribution in [2.75, 3.05) is 14.1 Å². The van der Waals surface area contributed by atoms with Gasteiger partial charge in [0.1, 0.15) is 0 Å². The van der Waals surface area contributed by atoms with Gasteiger partial charge in [0, 0.05) is 20.0 Å². The van der Waals surface area contributed by atoms with E-state index >= 15 is 0 Å². The van der Waals surface area contributed by atoms with E-state index in [-0.39, 0.29) is 11.8 Å². The van der Waals surface area contributed by atoms with Crippen molar-refractivity contribution in [1.29, 1.82) is 0 Å². The van der Waals surface area contributed by atoms with Gasteiger partial charge in [-0.2, -0.15) is 0 Å². The Kier molecular flexibility index (Phi) is 2.51. The van der Waals surface area contributed by atoms with Crippen molar-refractivity contribution >= 4 is 5.91 Å². The third kappa shape index (κ3) is 1.76. The molecule has 1 aromatic carbocycles. The smallest absolute Gasteiger partial charge is 0.226 e.